The van der Waals surface area contributed by atoms with E-state index in [0.717, 1.165) is 9.26 Å². The summed E-state index contributed by atoms with van der Waals surface area (Å²) in [5.41, 5.74) is 0.865. The second-order valence-corrected chi connectivity index (χ2v) is 6.03. The number of halogens is 2. The number of benzene rings is 1. The highest BCUT2D eigenvalue weighted by Gasteiger charge is 2.10. The van der Waals surface area contributed by atoms with Crippen LogP contribution in [-0.2, 0) is 0 Å². The van der Waals surface area contributed by atoms with Crippen LogP contribution in [0.2, 0.25) is 5.02 Å². The van der Waals surface area contributed by atoms with Crippen LogP contribution in [0.1, 0.15) is 13.8 Å². The Bertz CT molecular complexity index is 638. The van der Waals surface area contributed by atoms with Crippen molar-refractivity contribution in [1.82, 2.24) is 15.0 Å². The third-order valence-corrected chi connectivity index (χ3v) is 3.48. The van der Waals surface area contributed by atoms with Gasteiger partial charge in [-0.25, -0.2) is 0 Å². The maximum Gasteiger partial charge on any atom is 0.323 e. The Morgan fingerprint density at radius 3 is 2.52 bits per heavy atom. The van der Waals surface area contributed by atoms with Crippen LogP contribution in [0.5, 0.6) is 6.01 Å². The summed E-state index contributed by atoms with van der Waals surface area (Å²) in [6.07, 6.45) is -0.0133. The lowest BCUT2D eigenvalue weighted by molar-refractivity contribution is 0.222. The number of hydrogen-bond acceptors (Lipinski definition) is 6. The van der Waals surface area contributed by atoms with Crippen molar-refractivity contribution in [1.29, 1.82) is 0 Å². The van der Waals surface area contributed by atoms with Crippen molar-refractivity contribution in [2.75, 3.05) is 17.7 Å². The monoisotopic (exact) mass is 419 g/mol. The number of nitrogens with one attached hydrogen (secondary N) is 2. The lowest BCUT2D eigenvalue weighted by Gasteiger charge is -2.12. The van der Waals surface area contributed by atoms with Crippen molar-refractivity contribution >= 4 is 51.8 Å². The van der Waals surface area contributed by atoms with Gasteiger partial charge in [-0.1, -0.05) is 11.6 Å². The molecular weight excluding hydrogens is 405 g/mol. The van der Waals surface area contributed by atoms with E-state index in [1.54, 1.807) is 13.1 Å². The summed E-state index contributed by atoms with van der Waals surface area (Å²) >= 11 is 8.14. The number of anilines is 3. The summed E-state index contributed by atoms with van der Waals surface area (Å²) in [5.74, 6) is 0.845. The van der Waals surface area contributed by atoms with Crippen LogP contribution in [0, 0.1) is 3.57 Å². The molecule has 2 aromatic rings. The molecule has 8 heteroatoms. The Labute approximate surface area is 141 Å². The minimum atomic E-state index is -0.0133. The molecule has 0 aliphatic rings. The molecule has 0 bridgehead atoms. The van der Waals surface area contributed by atoms with Crippen LogP contribution in [-0.4, -0.2) is 28.1 Å². The van der Waals surface area contributed by atoms with Crippen LogP contribution in [0.25, 0.3) is 0 Å². The maximum atomic E-state index is 5.95. The Hall–Kier alpha value is -1.35. The molecule has 0 saturated carbocycles. The van der Waals surface area contributed by atoms with Crippen LogP contribution in [0.4, 0.5) is 17.6 Å². The SMILES string of the molecule is CNc1nc(Nc2ccc(Cl)cc2I)nc(OC(C)C)n1. The first-order valence-electron chi connectivity index (χ1n) is 6.30. The predicted octanol–water partition coefficient (Wildman–Crippen LogP) is 3.70. The minimum Gasteiger partial charge on any atom is -0.461 e. The quantitative estimate of drug-likeness (QED) is 0.720. The summed E-state index contributed by atoms with van der Waals surface area (Å²) in [6.45, 7) is 3.83. The van der Waals surface area contributed by atoms with Crippen molar-refractivity contribution in [3.63, 3.8) is 0 Å². The molecule has 0 radical (unpaired) electrons. The van der Waals surface area contributed by atoms with E-state index in [0.29, 0.717) is 16.9 Å². The average molecular weight is 420 g/mol. The van der Waals surface area contributed by atoms with Crippen LogP contribution in [0.3, 0.4) is 0 Å². The van der Waals surface area contributed by atoms with E-state index in [1.165, 1.54) is 0 Å². The predicted molar refractivity (Wildman–Crippen MR) is 92.6 cm³/mol. The van der Waals surface area contributed by atoms with Crippen molar-refractivity contribution in [2.45, 2.75) is 20.0 Å². The normalized spacial score (nSPS) is 10.6. The summed E-state index contributed by atoms with van der Waals surface area (Å²) in [5, 5.41) is 6.71. The molecule has 0 spiro atoms. The first kappa shape index (κ1) is 16.0. The Balaban J connectivity index is 2.29. The molecule has 112 valence electrons. The second-order valence-electron chi connectivity index (χ2n) is 4.43. The molecule has 21 heavy (non-hydrogen) atoms. The molecule has 0 aliphatic heterocycles. The van der Waals surface area contributed by atoms with Crippen LogP contribution < -0.4 is 15.4 Å². The number of nitrogens with zero attached hydrogens (tertiary/aromatic N) is 3. The van der Waals surface area contributed by atoms with E-state index in [-0.39, 0.29) is 12.1 Å². The molecule has 0 fully saturated rings. The average Bonchev–Trinajstić information content (AvgIpc) is 2.41. The zero-order chi connectivity index (χ0) is 15.4. The van der Waals surface area contributed by atoms with Gasteiger partial charge in [0.05, 0.1) is 11.8 Å². The van der Waals surface area contributed by atoms with E-state index in [9.17, 15) is 0 Å². The van der Waals surface area contributed by atoms with Gasteiger partial charge in [-0.15, -0.1) is 0 Å². The van der Waals surface area contributed by atoms with Crippen molar-refractivity contribution < 1.29 is 4.74 Å². The summed E-state index contributed by atoms with van der Waals surface area (Å²) in [6, 6.07) is 5.81. The third-order valence-electron chi connectivity index (χ3n) is 2.36. The molecule has 1 aromatic heterocycles. The van der Waals surface area contributed by atoms with E-state index >= 15 is 0 Å². The van der Waals surface area contributed by atoms with Gasteiger partial charge < -0.3 is 15.4 Å². The molecule has 0 atom stereocenters. The Morgan fingerprint density at radius 1 is 1.19 bits per heavy atom. The van der Waals surface area contributed by atoms with E-state index in [2.05, 4.69) is 48.2 Å². The fraction of sp³-hybridized carbons (Fsp3) is 0.308. The zero-order valence-corrected chi connectivity index (χ0v) is 14.7. The van der Waals surface area contributed by atoms with E-state index in [1.807, 2.05) is 26.0 Å². The Kier molecular flexibility index (Phi) is 5.40. The number of ether oxygens (including phenoxy) is 1. The lowest BCUT2D eigenvalue weighted by atomic mass is 10.3. The molecular formula is C13H15ClIN5O. The third kappa shape index (κ3) is 4.57. The topological polar surface area (TPSA) is 72.0 Å². The van der Waals surface area contributed by atoms with Gasteiger partial charge in [-0.05, 0) is 54.6 Å². The first-order chi connectivity index (χ1) is 9.97. The van der Waals surface area contributed by atoms with Gasteiger partial charge in [0.1, 0.15) is 0 Å². The van der Waals surface area contributed by atoms with Gasteiger partial charge in [0.25, 0.3) is 0 Å². The second kappa shape index (κ2) is 7.08. The zero-order valence-electron chi connectivity index (χ0n) is 11.8. The van der Waals surface area contributed by atoms with E-state index in [4.69, 9.17) is 16.3 Å². The minimum absolute atomic E-state index is 0.0133. The molecule has 1 aromatic carbocycles. The highest BCUT2D eigenvalue weighted by molar-refractivity contribution is 14.1. The van der Waals surface area contributed by atoms with Gasteiger partial charge >= 0.3 is 6.01 Å². The molecule has 2 N–H and O–H groups in total. The smallest absolute Gasteiger partial charge is 0.323 e. The molecule has 2 rings (SSSR count). The fourth-order valence-electron chi connectivity index (χ4n) is 1.50. The highest BCUT2D eigenvalue weighted by atomic mass is 127. The first-order valence-corrected chi connectivity index (χ1v) is 7.76. The number of rotatable bonds is 5. The van der Waals surface area contributed by atoms with Crippen molar-refractivity contribution in [2.24, 2.45) is 0 Å². The maximum absolute atomic E-state index is 5.95. The summed E-state index contributed by atoms with van der Waals surface area (Å²) in [7, 11) is 1.74. The Morgan fingerprint density at radius 2 is 1.90 bits per heavy atom. The number of aromatic nitrogens is 3. The van der Waals surface area contributed by atoms with Gasteiger partial charge in [-0.3, -0.25) is 0 Å². The lowest BCUT2D eigenvalue weighted by Crippen LogP contribution is -2.12. The fourth-order valence-corrected chi connectivity index (χ4v) is 2.51. The van der Waals surface area contributed by atoms with Gasteiger partial charge in [0.2, 0.25) is 11.9 Å². The summed E-state index contributed by atoms with van der Waals surface area (Å²) < 4.78 is 6.49. The van der Waals surface area contributed by atoms with Crippen LogP contribution >= 0.6 is 34.2 Å². The van der Waals surface area contributed by atoms with Crippen LogP contribution in [0.15, 0.2) is 18.2 Å². The molecule has 0 amide bonds. The standard InChI is InChI=1S/C13H15ClIN5O/c1-7(2)21-13-19-11(16-3)18-12(20-13)17-10-5-4-8(14)6-9(10)15/h4-7H,1-3H3,(H2,16,17,18,19,20). The molecule has 0 unspecified atom stereocenters. The molecule has 0 aliphatic carbocycles. The van der Waals surface area contributed by atoms with Gasteiger partial charge in [0.15, 0.2) is 0 Å². The largest absolute Gasteiger partial charge is 0.461 e. The van der Waals surface area contributed by atoms with E-state index < -0.39 is 0 Å². The molecule has 6 nitrogen and oxygen atoms in total. The molecule has 0 saturated heterocycles. The molecule has 1 heterocycles. The number of hydrogen-bond donors (Lipinski definition) is 2. The van der Waals surface area contributed by atoms with Crippen molar-refractivity contribution in [3.8, 4) is 6.01 Å². The highest BCUT2D eigenvalue weighted by Crippen LogP contribution is 2.25. The van der Waals surface area contributed by atoms with Gasteiger partial charge in [0, 0.05) is 15.6 Å². The summed E-state index contributed by atoms with van der Waals surface area (Å²) in [4.78, 5) is 12.7. The van der Waals surface area contributed by atoms with Crippen molar-refractivity contribution in [3.05, 3.63) is 26.8 Å². The van der Waals surface area contributed by atoms with Gasteiger partial charge in [-0.2, -0.15) is 15.0 Å².